The normalized spacial score (nSPS) is 9.85. The first kappa shape index (κ1) is 13.9. The summed E-state index contributed by atoms with van der Waals surface area (Å²) in [6.45, 7) is 1.86. The molecule has 0 aliphatic heterocycles. The van der Waals surface area contributed by atoms with Gasteiger partial charge >= 0.3 is 0 Å². The molecule has 2 aromatic carbocycles. The minimum absolute atomic E-state index is 0.299. The molecular formula is C15H12ClN3O. The van der Waals surface area contributed by atoms with E-state index >= 15 is 0 Å². The molecule has 0 atom stereocenters. The Balaban J connectivity index is 2.26. The molecule has 0 heterocycles. The number of rotatable bonds is 2. The van der Waals surface area contributed by atoms with Crippen molar-refractivity contribution in [2.45, 2.75) is 6.92 Å². The van der Waals surface area contributed by atoms with E-state index in [9.17, 15) is 4.79 Å². The molecule has 0 spiro atoms. The Bertz CT molecular complexity index is 699. The molecular weight excluding hydrogens is 274 g/mol. The lowest BCUT2D eigenvalue weighted by atomic mass is 10.1. The molecule has 3 N–H and O–H groups in total. The first-order valence-electron chi connectivity index (χ1n) is 5.88. The zero-order valence-corrected chi connectivity index (χ0v) is 11.5. The number of amides is 1. The number of nitrogen functional groups attached to an aromatic ring is 1. The largest absolute Gasteiger partial charge is 0.399 e. The van der Waals surface area contributed by atoms with Crippen molar-refractivity contribution in [2.24, 2.45) is 0 Å². The maximum Gasteiger partial charge on any atom is 0.255 e. The van der Waals surface area contributed by atoms with Gasteiger partial charge in [0, 0.05) is 11.3 Å². The quantitative estimate of drug-likeness (QED) is 0.831. The number of halogens is 1. The highest BCUT2D eigenvalue weighted by Gasteiger charge is 2.10. The van der Waals surface area contributed by atoms with Gasteiger partial charge in [0.05, 0.1) is 22.3 Å². The van der Waals surface area contributed by atoms with E-state index < -0.39 is 0 Å². The predicted octanol–water partition coefficient (Wildman–Crippen LogP) is 3.35. The Morgan fingerprint density at radius 3 is 2.65 bits per heavy atom. The molecule has 4 nitrogen and oxygen atoms in total. The van der Waals surface area contributed by atoms with Gasteiger partial charge in [-0.15, -0.1) is 0 Å². The Morgan fingerprint density at radius 2 is 2.05 bits per heavy atom. The standard InChI is InChI=1S/C15H12ClN3O/c1-9-4-11(7-12(18)5-9)15(20)19-14-3-2-10(8-17)6-13(14)16/h2-7H,18H2,1H3,(H,19,20). The molecule has 1 amide bonds. The summed E-state index contributed by atoms with van der Waals surface area (Å²) in [6.07, 6.45) is 0. The van der Waals surface area contributed by atoms with Crippen molar-refractivity contribution in [3.05, 3.63) is 58.1 Å². The second-order valence-corrected chi connectivity index (χ2v) is 4.80. The van der Waals surface area contributed by atoms with Crippen LogP contribution in [0.15, 0.2) is 36.4 Å². The smallest absolute Gasteiger partial charge is 0.255 e. The van der Waals surface area contributed by atoms with Gasteiger partial charge in [0.15, 0.2) is 0 Å². The molecule has 0 radical (unpaired) electrons. The summed E-state index contributed by atoms with van der Waals surface area (Å²) in [5, 5.41) is 11.8. The van der Waals surface area contributed by atoms with Gasteiger partial charge in [-0.3, -0.25) is 4.79 Å². The fourth-order valence-electron chi connectivity index (χ4n) is 1.82. The number of nitrogens with zero attached hydrogens (tertiary/aromatic N) is 1. The topological polar surface area (TPSA) is 78.9 Å². The number of benzene rings is 2. The van der Waals surface area contributed by atoms with Crippen molar-refractivity contribution in [3.63, 3.8) is 0 Å². The highest BCUT2D eigenvalue weighted by Crippen LogP contribution is 2.23. The second-order valence-electron chi connectivity index (χ2n) is 4.39. The SMILES string of the molecule is Cc1cc(N)cc(C(=O)Nc2ccc(C#N)cc2Cl)c1. The summed E-state index contributed by atoms with van der Waals surface area (Å²) in [7, 11) is 0. The molecule has 0 aliphatic rings. The molecule has 0 aromatic heterocycles. The van der Waals surface area contributed by atoms with Crippen LogP contribution in [-0.4, -0.2) is 5.91 Å². The van der Waals surface area contributed by atoms with E-state index in [0.717, 1.165) is 5.56 Å². The molecule has 20 heavy (non-hydrogen) atoms. The highest BCUT2D eigenvalue weighted by atomic mass is 35.5. The van der Waals surface area contributed by atoms with Crippen LogP contribution in [0, 0.1) is 18.3 Å². The zero-order valence-electron chi connectivity index (χ0n) is 10.8. The molecule has 2 rings (SSSR count). The Morgan fingerprint density at radius 1 is 1.30 bits per heavy atom. The number of aryl methyl sites for hydroxylation is 1. The number of hydrogen-bond donors (Lipinski definition) is 2. The van der Waals surface area contributed by atoms with Gasteiger partial charge < -0.3 is 11.1 Å². The van der Waals surface area contributed by atoms with Gasteiger partial charge in [-0.1, -0.05) is 11.6 Å². The van der Waals surface area contributed by atoms with Crippen LogP contribution in [-0.2, 0) is 0 Å². The number of nitrogens with two attached hydrogens (primary N) is 1. The number of nitrogens with one attached hydrogen (secondary N) is 1. The number of nitriles is 1. The van der Waals surface area contributed by atoms with Gasteiger partial charge in [0.25, 0.3) is 5.91 Å². The van der Waals surface area contributed by atoms with Gasteiger partial charge in [0.1, 0.15) is 0 Å². The Kier molecular flexibility index (Phi) is 3.92. The Labute approximate surface area is 121 Å². The average Bonchev–Trinajstić information content (AvgIpc) is 2.39. The van der Waals surface area contributed by atoms with E-state index in [1.807, 2.05) is 13.0 Å². The molecule has 0 bridgehead atoms. The van der Waals surface area contributed by atoms with E-state index in [0.29, 0.717) is 27.5 Å². The van der Waals surface area contributed by atoms with Crippen molar-refractivity contribution >= 4 is 28.9 Å². The maximum atomic E-state index is 12.1. The lowest BCUT2D eigenvalue weighted by molar-refractivity contribution is 0.102. The molecule has 100 valence electrons. The first-order valence-corrected chi connectivity index (χ1v) is 6.25. The summed E-state index contributed by atoms with van der Waals surface area (Å²) in [6, 6.07) is 11.8. The van der Waals surface area contributed by atoms with Crippen LogP contribution >= 0.6 is 11.6 Å². The molecule has 2 aromatic rings. The molecule has 0 saturated carbocycles. The number of hydrogen-bond acceptors (Lipinski definition) is 3. The summed E-state index contributed by atoms with van der Waals surface area (Å²) in [4.78, 5) is 12.1. The third kappa shape index (κ3) is 3.08. The minimum Gasteiger partial charge on any atom is -0.399 e. The molecule has 0 fully saturated rings. The van der Waals surface area contributed by atoms with Gasteiger partial charge in [-0.2, -0.15) is 5.26 Å². The number of anilines is 2. The van der Waals surface area contributed by atoms with Crippen LogP contribution in [0.5, 0.6) is 0 Å². The third-order valence-corrected chi connectivity index (χ3v) is 3.02. The van der Waals surface area contributed by atoms with E-state index in [-0.39, 0.29) is 5.91 Å². The molecule has 0 unspecified atom stereocenters. The van der Waals surface area contributed by atoms with Crippen LogP contribution in [0.4, 0.5) is 11.4 Å². The summed E-state index contributed by atoms with van der Waals surface area (Å²) >= 11 is 6.01. The first-order chi connectivity index (χ1) is 9.49. The van der Waals surface area contributed by atoms with Crippen molar-refractivity contribution < 1.29 is 4.79 Å². The predicted molar refractivity (Wildman–Crippen MR) is 79.7 cm³/mol. The van der Waals surface area contributed by atoms with E-state index in [4.69, 9.17) is 22.6 Å². The molecule has 5 heteroatoms. The van der Waals surface area contributed by atoms with E-state index in [1.165, 1.54) is 6.07 Å². The van der Waals surface area contributed by atoms with Crippen molar-refractivity contribution in [1.29, 1.82) is 5.26 Å². The Hall–Kier alpha value is -2.51. The van der Waals surface area contributed by atoms with Crippen molar-refractivity contribution in [1.82, 2.24) is 0 Å². The summed E-state index contributed by atoms with van der Waals surface area (Å²) < 4.78 is 0. The lowest BCUT2D eigenvalue weighted by Crippen LogP contribution is -2.12. The monoisotopic (exact) mass is 285 g/mol. The van der Waals surface area contributed by atoms with Gasteiger partial charge in [0.2, 0.25) is 0 Å². The average molecular weight is 286 g/mol. The second kappa shape index (κ2) is 5.64. The number of carbonyl (C=O) groups excluding carboxylic acids is 1. The van der Waals surface area contributed by atoms with Gasteiger partial charge in [-0.05, 0) is 48.9 Å². The minimum atomic E-state index is -0.299. The lowest BCUT2D eigenvalue weighted by Gasteiger charge is -2.08. The van der Waals surface area contributed by atoms with Crippen LogP contribution in [0.2, 0.25) is 5.02 Å². The molecule has 0 saturated heterocycles. The fraction of sp³-hybridized carbons (Fsp3) is 0.0667. The van der Waals surface area contributed by atoms with Crippen LogP contribution in [0.1, 0.15) is 21.5 Å². The summed E-state index contributed by atoms with van der Waals surface area (Å²) in [5.41, 5.74) is 8.50. The van der Waals surface area contributed by atoms with E-state index in [1.54, 1.807) is 30.3 Å². The van der Waals surface area contributed by atoms with Crippen LogP contribution in [0.3, 0.4) is 0 Å². The van der Waals surface area contributed by atoms with Crippen molar-refractivity contribution in [3.8, 4) is 6.07 Å². The van der Waals surface area contributed by atoms with Crippen LogP contribution in [0.25, 0.3) is 0 Å². The molecule has 0 aliphatic carbocycles. The van der Waals surface area contributed by atoms with Crippen molar-refractivity contribution in [2.75, 3.05) is 11.1 Å². The zero-order chi connectivity index (χ0) is 14.7. The van der Waals surface area contributed by atoms with E-state index in [2.05, 4.69) is 5.32 Å². The highest BCUT2D eigenvalue weighted by molar-refractivity contribution is 6.34. The third-order valence-electron chi connectivity index (χ3n) is 2.71. The summed E-state index contributed by atoms with van der Waals surface area (Å²) in [5.74, 6) is -0.299. The fourth-order valence-corrected chi connectivity index (χ4v) is 2.05. The maximum absolute atomic E-state index is 12.1. The number of carbonyl (C=O) groups is 1. The van der Waals surface area contributed by atoms with Gasteiger partial charge in [-0.25, -0.2) is 0 Å². The van der Waals surface area contributed by atoms with Crippen LogP contribution < -0.4 is 11.1 Å².